The normalized spacial score (nSPS) is 13.1. The number of benzene rings is 1. The zero-order valence-corrected chi connectivity index (χ0v) is 8.76. The van der Waals surface area contributed by atoms with Gasteiger partial charge in [-0.1, -0.05) is 12.1 Å². The van der Waals surface area contributed by atoms with Crippen LogP contribution in [0.2, 0.25) is 0 Å². The van der Waals surface area contributed by atoms with E-state index in [1.165, 1.54) is 0 Å². The van der Waals surface area contributed by atoms with Gasteiger partial charge >= 0.3 is 0 Å². The number of hydrogen-bond acceptors (Lipinski definition) is 4. The molecule has 1 unspecified atom stereocenters. The fraction of sp³-hybridized carbons (Fsp3) is 0.455. The number of aliphatic hydroxyl groups is 2. The van der Waals surface area contributed by atoms with Gasteiger partial charge in [0.15, 0.2) is 6.29 Å². The Labute approximate surface area is 89.3 Å². The lowest BCUT2D eigenvalue weighted by Crippen LogP contribution is -2.30. The minimum atomic E-state index is -1.46. The van der Waals surface area contributed by atoms with Gasteiger partial charge in [-0.25, -0.2) is 0 Å². The highest BCUT2D eigenvalue weighted by molar-refractivity contribution is 5.39. The van der Waals surface area contributed by atoms with Gasteiger partial charge in [-0.15, -0.1) is 0 Å². The summed E-state index contributed by atoms with van der Waals surface area (Å²) in [7, 11) is 0. The Kier molecular flexibility index (Phi) is 4.55. The topological polar surface area (TPSA) is 75.7 Å². The van der Waals surface area contributed by atoms with Gasteiger partial charge in [-0.05, 0) is 24.6 Å². The monoisotopic (exact) mass is 211 g/mol. The van der Waals surface area contributed by atoms with Gasteiger partial charge in [0.05, 0.1) is 0 Å². The molecule has 0 saturated heterocycles. The maximum absolute atomic E-state index is 9.07. The first-order valence-corrected chi connectivity index (χ1v) is 4.95. The maximum atomic E-state index is 9.07. The first-order chi connectivity index (χ1) is 7.13. The van der Waals surface area contributed by atoms with Crippen LogP contribution in [0.15, 0.2) is 24.3 Å². The van der Waals surface area contributed by atoms with Gasteiger partial charge in [0, 0.05) is 18.7 Å². The van der Waals surface area contributed by atoms with Crippen molar-refractivity contribution < 1.29 is 14.9 Å². The average molecular weight is 211 g/mol. The molecule has 4 heteroatoms. The van der Waals surface area contributed by atoms with Crippen molar-refractivity contribution in [2.45, 2.75) is 25.7 Å². The van der Waals surface area contributed by atoms with E-state index in [0.29, 0.717) is 18.7 Å². The molecule has 0 spiro atoms. The van der Waals surface area contributed by atoms with E-state index in [4.69, 9.17) is 20.7 Å². The lowest BCUT2D eigenvalue weighted by atomic mass is 10.1. The van der Waals surface area contributed by atoms with Crippen molar-refractivity contribution in [2.24, 2.45) is 0 Å². The second kappa shape index (κ2) is 5.70. The van der Waals surface area contributed by atoms with E-state index in [1.54, 1.807) is 12.1 Å². The van der Waals surface area contributed by atoms with Crippen LogP contribution in [0, 0.1) is 0 Å². The van der Waals surface area contributed by atoms with Crippen molar-refractivity contribution in [3.05, 3.63) is 29.8 Å². The second-order valence-electron chi connectivity index (χ2n) is 3.35. The lowest BCUT2D eigenvalue weighted by molar-refractivity contribution is -0.142. The van der Waals surface area contributed by atoms with E-state index in [2.05, 4.69) is 0 Å². The van der Waals surface area contributed by atoms with Crippen LogP contribution in [0.3, 0.4) is 0 Å². The van der Waals surface area contributed by atoms with Crippen LogP contribution in [0.5, 0.6) is 0 Å². The van der Waals surface area contributed by atoms with Crippen LogP contribution in [0.25, 0.3) is 0 Å². The van der Waals surface area contributed by atoms with Crippen molar-refractivity contribution in [3.8, 4) is 0 Å². The number of nitrogens with two attached hydrogens (primary N) is 1. The van der Waals surface area contributed by atoms with E-state index in [-0.39, 0.29) is 0 Å². The Morgan fingerprint density at radius 2 is 1.87 bits per heavy atom. The van der Waals surface area contributed by atoms with Gasteiger partial charge in [0.1, 0.15) is 6.10 Å². The Morgan fingerprint density at radius 3 is 2.33 bits per heavy atom. The predicted octanol–water partition coefficient (Wildman–Crippen LogP) is 0.527. The molecule has 0 saturated carbocycles. The predicted molar refractivity (Wildman–Crippen MR) is 58.2 cm³/mol. The molecule has 1 rings (SSSR count). The molecule has 1 atom stereocenters. The van der Waals surface area contributed by atoms with E-state index >= 15 is 0 Å². The minimum absolute atomic E-state index is 0.456. The van der Waals surface area contributed by atoms with Crippen LogP contribution in [-0.2, 0) is 11.2 Å². The Balaban J connectivity index is 2.61. The molecule has 0 aliphatic carbocycles. The lowest BCUT2D eigenvalue weighted by Gasteiger charge is -2.18. The number of aliphatic hydroxyl groups excluding tert-OH is 1. The molecule has 0 aromatic heterocycles. The standard InChI is InChI=1S/C11H17NO3/c1-2-15-10(11(13)14)7-8-3-5-9(12)6-4-8/h3-6,10-11,13-14H,2,7,12H2,1H3. The number of nitrogen functional groups attached to an aromatic ring is 1. The smallest absolute Gasteiger partial charge is 0.178 e. The second-order valence-corrected chi connectivity index (χ2v) is 3.35. The number of rotatable bonds is 5. The molecule has 0 aliphatic rings. The highest BCUT2D eigenvalue weighted by Crippen LogP contribution is 2.11. The van der Waals surface area contributed by atoms with Gasteiger partial charge in [-0.2, -0.15) is 0 Å². The van der Waals surface area contributed by atoms with Crippen LogP contribution in [0.4, 0.5) is 5.69 Å². The van der Waals surface area contributed by atoms with Crippen LogP contribution >= 0.6 is 0 Å². The summed E-state index contributed by atoms with van der Waals surface area (Å²) in [4.78, 5) is 0. The number of hydrogen-bond donors (Lipinski definition) is 3. The maximum Gasteiger partial charge on any atom is 0.178 e. The number of anilines is 1. The van der Waals surface area contributed by atoms with Crippen LogP contribution < -0.4 is 5.73 Å². The fourth-order valence-electron chi connectivity index (χ4n) is 1.35. The quantitative estimate of drug-likeness (QED) is 0.490. The van der Waals surface area contributed by atoms with Crippen molar-refractivity contribution in [1.29, 1.82) is 0 Å². The molecule has 1 aromatic carbocycles. The van der Waals surface area contributed by atoms with E-state index in [9.17, 15) is 0 Å². The molecule has 0 bridgehead atoms. The van der Waals surface area contributed by atoms with Gasteiger partial charge in [-0.3, -0.25) is 0 Å². The van der Waals surface area contributed by atoms with E-state index in [0.717, 1.165) is 5.56 Å². The van der Waals surface area contributed by atoms with E-state index < -0.39 is 12.4 Å². The molecular formula is C11H17NO3. The van der Waals surface area contributed by atoms with Crippen molar-refractivity contribution in [3.63, 3.8) is 0 Å². The minimum Gasteiger partial charge on any atom is -0.399 e. The Bertz CT molecular complexity index is 284. The van der Waals surface area contributed by atoms with E-state index in [1.807, 2.05) is 19.1 Å². The highest BCUT2D eigenvalue weighted by Gasteiger charge is 2.16. The summed E-state index contributed by atoms with van der Waals surface area (Å²) in [5.41, 5.74) is 7.21. The zero-order valence-electron chi connectivity index (χ0n) is 8.76. The first-order valence-electron chi connectivity index (χ1n) is 4.95. The molecule has 4 nitrogen and oxygen atoms in total. The molecule has 0 amide bonds. The summed E-state index contributed by atoms with van der Waals surface area (Å²) in [5.74, 6) is 0. The summed E-state index contributed by atoms with van der Waals surface area (Å²) >= 11 is 0. The van der Waals surface area contributed by atoms with Crippen molar-refractivity contribution in [1.82, 2.24) is 0 Å². The Hall–Kier alpha value is -1.10. The third kappa shape index (κ3) is 3.87. The SMILES string of the molecule is CCOC(Cc1ccc(N)cc1)C(O)O. The molecule has 84 valence electrons. The molecule has 0 heterocycles. The van der Waals surface area contributed by atoms with Crippen molar-refractivity contribution >= 4 is 5.69 Å². The zero-order chi connectivity index (χ0) is 11.3. The molecule has 0 fully saturated rings. The summed E-state index contributed by atoms with van der Waals surface area (Å²) < 4.78 is 5.21. The molecule has 0 radical (unpaired) electrons. The molecular weight excluding hydrogens is 194 g/mol. The van der Waals surface area contributed by atoms with Gasteiger partial charge in [0.25, 0.3) is 0 Å². The fourth-order valence-corrected chi connectivity index (χ4v) is 1.35. The first kappa shape index (κ1) is 12.0. The summed E-state index contributed by atoms with van der Waals surface area (Å²) in [6, 6.07) is 7.26. The molecule has 4 N–H and O–H groups in total. The van der Waals surface area contributed by atoms with Gasteiger partial charge < -0.3 is 20.7 Å². The summed E-state index contributed by atoms with van der Waals surface area (Å²) in [6.45, 7) is 2.27. The third-order valence-electron chi connectivity index (χ3n) is 2.13. The number of ether oxygens (including phenoxy) is 1. The summed E-state index contributed by atoms with van der Waals surface area (Å²) in [5, 5.41) is 18.1. The Morgan fingerprint density at radius 1 is 1.27 bits per heavy atom. The molecule has 15 heavy (non-hydrogen) atoms. The molecule has 1 aromatic rings. The van der Waals surface area contributed by atoms with Gasteiger partial charge in [0.2, 0.25) is 0 Å². The summed E-state index contributed by atoms with van der Waals surface area (Å²) in [6.07, 6.45) is -1.58. The highest BCUT2D eigenvalue weighted by atomic mass is 16.5. The van der Waals surface area contributed by atoms with Crippen LogP contribution in [0.1, 0.15) is 12.5 Å². The molecule has 0 aliphatic heterocycles. The van der Waals surface area contributed by atoms with Crippen LogP contribution in [-0.4, -0.2) is 29.2 Å². The average Bonchev–Trinajstić information content (AvgIpc) is 2.20. The van der Waals surface area contributed by atoms with Crippen molar-refractivity contribution in [2.75, 3.05) is 12.3 Å². The third-order valence-corrected chi connectivity index (χ3v) is 2.13. The largest absolute Gasteiger partial charge is 0.399 e.